The van der Waals surface area contributed by atoms with Gasteiger partial charge in [-0.2, -0.15) is 0 Å². The molecule has 2 heterocycles. The van der Waals surface area contributed by atoms with Gasteiger partial charge in [-0.3, -0.25) is 4.98 Å². The average Bonchev–Trinajstić information content (AvgIpc) is 2.47. The minimum Gasteiger partial charge on any atom is -0.394 e. The van der Waals surface area contributed by atoms with Crippen LogP contribution in [0.5, 0.6) is 0 Å². The zero-order chi connectivity index (χ0) is 15.5. The van der Waals surface area contributed by atoms with Gasteiger partial charge >= 0.3 is 0 Å². The fourth-order valence-electron chi connectivity index (χ4n) is 2.94. The molecule has 0 aromatic carbocycles. The molecule has 1 aliphatic rings. The summed E-state index contributed by atoms with van der Waals surface area (Å²) in [5.41, 5.74) is 1.89. The van der Waals surface area contributed by atoms with Gasteiger partial charge in [0.15, 0.2) is 0 Å². The second-order valence-corrected chi connectivity index (χ2v) is 6.25. The van der Waals surface area contributed by atoms with E-state index in [-0.39, 0.29) is 18.3 Å². The summed E-state index contributed by atoms with van der Waals surface area (Å²) in [6.45, 7) is 7.80. The lowest BCUT2D eigenvalue weighted by Gasteiger charge is -2.43. The number of nitrogens with zero attached hydrogens (tertiary/aromatic N) is 2. The van der Waals surface area contributed by atoms with Gasteiger partial charge in [0.25, 0.3) is 0 Å². The van der Waals surface area contributed by atoms with Crippen LogP contribution in [0.2, 0.25) is 0 Å². The summed E-state index contributed by atoms with van der Waals surface area (Å²) in [7, 11) is 1.96. The summed E-state index contributed by atoms with van der Waals surface area (Å²) < 4.78 is 5.85. The molecule has 5 heteroatoms. The summed E-state index contributed by atoms with van der Waals surface area (Å²) in [5, 5.41) is 12.7. The third-order valence-electron chi connectivity index (χ3n) is 3.93. The summed E-state index contributed by atoms with van der Waals surface area (Å²) in [6, 6.07) is 4.49. The molecule has 2 unspecified atom stereocenters. The van der Waals surface area contributed by atoms with Crippen LogP contribution in [0.1, 0.15) is 38.9 Å². The van der Waals surface area contributed by atoms with Crippen LogP contribution < -0.4 is 10.2 Å². The number of nitrogens with one attached hydrogen (secondary N) is 1. The maximum Gasteiger partial charge on any atom is 0.0988 e. The molecule has 0 aliphatic carbocycles. The van der Waals surface area contributed by atoms with Crippen molar-refractivity contribution in [1.29, 1.82) is 0 Å². The third kappa shape index (κ3) is 3.93. The van der Waals surface area contributed by atoms with Gasteiger partial charge < -0.3 is 20.1 Å². The SMILES string of the molecule is CCC(NC)c1ccc(N2CC(CO)OC(C)(C)C2)cn1. The lowest BCUT2D eigenvalue weighted by atomic mass is 10.0. The van der Waals surface area contributed by atoms with Crippen LogP contribution in [-0.4, -0.2) is 48.5 Å². The van der Waals surface area contributed by atoms with Crippen LogP contribution in [0.25, 0.3) is 0 Å². The molecular weight excluding hydrogens is 266 g/mol. The first-order valence-corrected chi connectivity index (χ1v) is 7.66. The Bertz CT molecular complexity index is 443. The molecule has 5 nitrogen and oxygen atoms in total. The topological polar surface area (TPSA) is 57.6 Å². The minimum atomic E-state index is -0.263. The molecule has 1 aliphatic heterocycles. The smallest absolute Gasteiger partial charge is 0.0988 e. The van der Waals surface area contributed by atoms with E-state index < -0.39 is 0 Å². The molecule has 0 amide bonds. The van der Waals surface area contributed by atoms with Gasteiger partial charge in [-0.1, -0.05) is 6.92 Å². The number of aromatic nitrogens is 1. The molecule has 0 saturated carbocycles. The van der Waals surface area contributed by atoms with E-state index in [9.17, 15) is 5.11 Å². The minimum absolute atomic E-state index is 0.0447. The molecule has 0 radical (unpaired) electrons. The first kappa shape index (κ1) is 16.2. The highest BCUT2D eigenvalue weighted by Crippen LogP contribution is 2.26. The largest absolute Gasteiger partial charge is 0.394 e. The number of morpholine rings is 1. The van der Waals surface area contributed by atoms with Gasteiger partial charge in [0.05, 0.1) is 35.9 Å². The number of rotatable bonds is 5. The van der Waals surface area contributed by atoms with Crippen molar-refractivity contribution in [2.75, 3.05) is 31.6 Å². The van der Waals surface area contributed by atoms with Crippen molar-refractivity contribution in [3.63, 3.8) is 0 Å². The summed E-state index contributed by atoms with van der Waals surface area (Å²) in [6.07, 6.45) is 2.79. The van der Waals surface area contributed by atoms with Crippen molar-refractivity contribution in [2.24, 2.45) is 0 Å². The third-order valence-corrected chi connectivity index (χ3v) is 3.93. The Morgan fingerprint density at radius 2 is 2.29 bits per heavy atom. The van der Waals surface area contributed by atoms with E-state index >= 15 is 0 Å². The molecule has 21 heavy (non-hydrogen) atoms. The van der Waals surface area contributed by atoms with Crippen molar-refractivity contribution in [3.05, 3.63) is 24.0 Å². The quantitative estimate of drug-likeness (QED) is 0.866. The number of aliphatic hydroxyl groups excluding tert-OH is 1. The Labute approximate surface area is 127 Å². The Hall–Kier alpha value is -1.17. The van der Waals surface area contributed by atoms with Crippen molar-refractivity contribution >= 4 is 5.69 Å². The van der Waals surface area contributed by atoms with E-state index in [1.165, 1.54) is 0 Å². The van der Waals surface area contributed by atoms with Crippen LogP contribution in [0, 0.1) is 0 Å². The maximum atomic E-state index is 9.39. The Morgan fingerprint density at radius 3 is 2.81 bits per heavy atom. The number of anilines is 1. The average molecular weight is 293 g/mol. The summed E-state index contributed by atoms with van der Waals surface area (Å²) in [4.78, 5) is 6.82. The zero-order valence-electron chi connectivity index (χ0n) is 13.5. The van der Waals surface area contributed by atoms with Gasteiger partial charge in [0.1, 0.15) is 0 Å². The lowest BCUT2D eigenvalue weighted by Crippen LogP contribution is -2.54. The zero-order valence-corrected chi connectivity index (χ0v) is 13.5. The van der Waals surface area contributed by atoms with Gasteiger partial charge in [0, 0.05) is 19.1 Å². The van der Waals surface area contributed by atoms with Gasteiger partial charge in [0.2, 0.25) is 0 Å². The van der Waals surface area contributed by atoms with Crippen molar-refractivity contribution in [3.8, 4) is 0 Å². The van der Waals surface area contributed by atoms with Crippen molar-refractivity contribution < 1.29 is 9.84 Å². The predicted octanol–water partition coefficient (Wildman–Crippen LogP) is 1.73. The van der Waals surface area contributed by atoms with Crippen LogP contribution in [0.15, 0.2) is 18.3 Å². The molecule has 1 aromatic rings. The number of ether oxygens (including phenoxy) is 1. The van der Waals surface area contributed by atoms with Crippen LogP contribution in [0.3, 0.4) is 0 Å². The highest BCUT2D eigenvalue weighted by Gasteiger charge is 2.33. The number of aliphatic hydroxyl groups is 1. The fourth-order valence-corrected chi connectivity index (χ4v) is 2.94. The maximum absolute atomic E-state index is 9.39. The Kier molecular flexibility index (Phi) is 5.19. The molecule has 2 atom stereocenters. The molecule has 2 rings (SSSR count). The van der Waals surface area contributed by atoms with Crippen LogP contribution in [-0.2, 0) is 4.74 Å². The second-order valence-electron chi connectivity index (χ2n) is 6.25. The number of hydrogen-bond donors (Lipinski definition) is 2. The molecule has 0 spiro atoms. The van der Waals surface area contributed by atoms with E-state index in [1.807, 2.05) is 13.2 Å². The van der Waals surface area contributed by atoms with Gasteiger partial charge in [-0.15, -0.1) is 0 Å². The van der Waals surface area contributed by atoms with Crippen LogP contribution >= 0.6 is 0 Å². The first-order chi connectivity index (χ1) is 9.99. The van der Waals surface area contributed by atoms with Crippen LogP contribution in [0.4, 0.5) is 5.69 Å². The van der Waals surface area contributed by atoms with Crippen molar-refractivity contribution in [1.82, 2.24) is 10.3 Å². The molecule has 118 valence electrons. The monoisotopic (exact) mass is 293 g/mol. The van der Waals surface area contributed by atoms with Gasteiger partial charge in [-0.05, 0) is 39.4 Å². The van der Waals surface area contributed by atoms with Crippen molar-refractivity contribution in [2.45, 2.75) is 44.9 Å². The van der Waals surface area contributed by atoms with E-state index in [0.29, 0.717) is 12.6 Å². The van der Waals surface area contributed by atoms with Gasteiger partial charge in [-0.25, -0.2) is 0 Å². The summed E-state index contributed by atoms with van der Waals surface area (Å²) >= 11 is 0. The van der Waals surface area contributed by atoms with E-state index in [2.05, 4.69) is 48.1 Å². The molecule has 1 saturated heterocycles. The summed E-state index contributed by atoms with van der Waals surface area (Å²) in [5.74, 6) is 0. The molecule has 0 bridgehead atoms. The van der Waals surface area contributed by atoms with E-state index in [0.717, 1.165) is 24.3 Å². The Morgan fingerprint density at radius 1 is 1.52 bits per heavy atom. The number of hydrogen-bond acceptors (Lipinski definition) is 5. The van der Waals surface area contributed by atoms with E-state index in [4.69, 9.17) is 4.74 Å². The molecule has 1 fully saturated rings. The molecule has 2 N–H and O–H groups in total. The van der Waals surface area contributed by atoms with E-state index in [1.54, 1.807) is 0 Å². The Balaban J connectivity index is 2.14. The second kappa shape index (κ2) is 6.73. The number of pyridine rings is 1. The fraction of sp³-hybridized carbons (Fsp3) is 0.688. The highest BCUT2D eigenvalue weighted by atomic mass is 16.5. The predicted molar refractivity (Wildman–Crippen MR) is 84.6 cm³/mol. The molecule has 1 aromatic heterocycles. The normalized spacial score (nSPS) is 23.1. The highest BCUT2D eigenvalue weighted by molar-refractivity contribution is 5.46. The lowest BCUT2D eigenvalue weighted by molar-refractivity contribution is -0.101. The molecular formula is C16H27N3O2. The first-order valence-electron chi connectivity index (χ1n) is 7.66. The standard InChI is InChI=1S/C16H27N3O2/c1-5-14(17-4)15-7-6-12(8-18-15)19-9-13(10-20)21-16(2,3)11-19/h6-8,13-14,17,20H,5,9-11H2,1-4H3.